The van der Waals surface area contributed by atoms with E-state index in [1.807, 2.05) is 18.2 Å². The van der Waals surface area contributed by atoms with Crippen LogP contribution in [0.25, 0.3) is 0 Å². The van der Waals surface area contributed by atoms with Crippen LogP contribution in [-0.4, -0.2) is 21.6 Å². The molecule has 4 fully saturated rings. The van der Waals surface area contributed by atoms with Gasteiger partial charge in [-0.3, -0.25) is 4.79 Å². The maximum absolute atomic E-state index is 12.6. The summed E-state index contributed by atoms with van der Waals surface area (Å²) in [6.45, 7) is 0. The van der Waals surface area contributed by atoms with Gasteiger partial charge in [0.2, 0.25) is 5.76 Å². The third-order valence-corrected chi connectivity index (χ3v) is 6.22. The van der Waals surface area contributed by atoms with Gasteiger partial charge in [-0.25, -0.2) is 4.98 Å². The van der Waals surface area contributed by atoms with Crippen LogP contribution in [0.4, 0.5) is 0 Å². The zero-order valence-electron chi connectivity index (χ0n) is 14.6. The molecule has 0 aliphatic heterocycles. The van der Waals surface area contributed by atoms with Crippen molar-refractivity contribution in [2.75, 3.05) is 0 Å². The molecule has 4 aliphatic rings. The maximum Gasteiger partial charge on any atom is 0.290 e. The summed E-state index contributed by atoms with van der Waals surface area (Å²) in [6.07, 6.45) is 9.87. The minimum atomic E-state index is -0.160. The molecule has 6 rings (SSSR count). The highest BCUT2D eigenvalue weighted by molar-refractivity contribution is 5.91. The minimum Gasteiger partial charge on any atom is -0.351 e. The van der Waals surface area contributed by atoms with Gasteiger partial charge in [0, 0.05) is 23.2 Å². The van der Waals surface area contributed by atoms with E-state index >= 15 is 0 Å². The summed E-state index contributed by atoms with van der Waals surface area (Å²) in [5.74, 6) is 8.29. The Morgan fingerprint density at radius 1 is 1.15 bits per heavy atom. The second kappa shape index (κ2) is 5.70. The van der Waals surface area contributed by atoms with Crippen molar-refractivity contribution in [2.45, 2.75) is 44.1 Å². The first kappa shape index (κ1) is 15.6. The number of pyridine rings is 1. The monoisotopic (exact) mass is 347 g/mol. The van der Waals surface area contributed by atoms with Crippen LogP contribution in [0.5, 0.6) is 0 Å². The molecule has 2 heterocycles. The molecule has 26 heavy (non-hydrogen) atoms. The van der Waals surface area contributed by atoms with Crippen molar-refractivity contribution < 1.29 is 9.32 Å². The number of aromatic nitrogens is 2. The number of carbonyl (C=O) groups excluding carboxylic acids is 1. The van der Waals surface area contributed by atoms with E-state index in [0.717, 1.165) is 37.8 Å². The predicted molar refractivity (Wildman–Crippen MR) is 94.9 cm³/mol. The summed E-state index contributed by atoms with van der Waals surface area (Å²) in [7, 11) is 0. The molecule has 4 bridgehead atoms. The molecular weight excluding hydrogens is 326 g/mol. The summed E-state index contributed by atoms with van der Waals surface area (Å²) in [6, 6.07) is 7.45. The Morgan fingerprint density at radius 2 is 2.00 bits per heavy atom. The number of carbonyl (C=O) groups is 1. The van der Waals surface area contributed by atoms with Gasteiger partial charge in [-0.05, 0) is 68.4 Å². The van der Waals surface area contributed by atoms with Crippen LogP contribution in [0.3, 0.4) is 0 Å². The Kier molecular flexibility index (Phi) is 3.43. The first-order valence-electron chi connectivity index (χ1n) is 9.31. The molecule has 4 aliphatic carbocycles. The predicted octanol–water partition coefficient (Wildman–Crippen LogP) is 3.19. The molecule has 1 N–H and O–H groups in total. The minimum absolute atomic E-state index is 0.00367. The molecule has 5 nitrogen and oxygen atoms in total. The first-order valence-corrected chi connectivity index (χ1v) is 9.31. The highest BCUT2D eigenvalue weighted by Crippen LogP contribution is 2.61. The topological polar surface area (TPSA) is 68.0 Å². The van der Waals surface area contributed by atoms with Crippen LogP contribution in [0, 0.1) is 29.1 Å². The van der Waals surface area contributed by atoms with Crippen molar-refractivity contribution in [3.8, 4) is 11.8 Å². The highest BCUT2D eigenvalue weighted by atomic mass is 16.5. The molecule has 0 spiro atoms. The van der Waals surface area contributed by atoms with Gasteiger partial charge in [0.15, 0.2) is 0 Å². The van der Waals surface area contributed by atoms with Crippen LogP contribution < -0.4 is 5.32 Å². The van der Waals surface area contributed by atoms with Gasteiger partial charge in [0.05, 0.1) is 6.20 Å². The molecule has 0 saturated heterocycles. The molecule has 0 aromatic carbocycles. The van der Waals surface area contributed by atoms with Crippen LogP contribution in [0.2, 0.25) is 0 Å². The van der Waals surface area contributed by atoms with Gasteiger partial charge >= 0.3 is 0 Å². The molecule has 4 saturated carbocycles. The van der Waals surface area contributed by atoms with E-state index < -0.39 is 0 Å². The molecule has 2 unspecified atom stereocenters. The Bertz CT molecular complexity index is 865. The van der Waals surface area contributed by atoms with E-state index in [4.69, 9.17) is 4.52 Å². The van der Waals surface area contributed by atoms with E-state index in [9.17, 15) is 4.79 Å². The number of hydrogen-bond acceptors (Lipinski definition) is 4. The lowest BCUT2D eigenvalue weighted by atomic mass is 9.47. The molecule has 0 radical (unpaired) electrons. The van der Waals surface area contributed by atoms with Gasteiger partial charge in [-0.1, -0.05) is 17.1 Å². The molecular formula is C21H21N3O2. The third-order valence-electron chi connectivity index (χ3n) is 6.22. The van der Waals surface area contributed by atoms with Gasteiger partial charge in [-0.2, -0.15) is 0 Å². The zero-order valence-corrected chi connectivity index (χ0v) is 14.6. The lowest BCUT2D eigenvalue weighted by Crippen LogP contribution is -2.62. The zero-order chi connectivity index (χ0) is 17.6. The first-order chi connectivity index (χ1) is 12.6. The molecule has 5 heteroatoms. The summed E-state index contributed by atoms with van der Waals surface area (Å²) in [5.41, 5.74) is 0.659. The van der Waals surface area contributed by atoms with Crippen molar-refractivity contribution in [2.24, 2.45) is 17.3 Å². The summed E-state index contributed by atoms with van der Waals surface area (Å²) >= 11 is 0. The van der Waals surface area contributed by atoms with Crippen molar-refractivity contribution in [3.63, 3.8) is 0 Å². The summed E-state index contributed by atoms with van der Waals surface area (Å²) in [5, 5.41) is 6.94. The van der Waals surface area contributed by atoms with Crippen LogP contribution in [-0.2, 0) is 0 Å². The fraction of sp³-hybridized carbons (Fsp3) is 0.476. The van der Waals surface area contributed by atoms with E-state index in [0.29, 0.717) is 11.8 Å². The van der Waals surface area contributed by atoms with Crippen molar-refractivity contribution in [3.05, 3.63) is 48.1 Å². The smallest absolute Gasteiger partial charge is 0.290 e. The standard InChI is InChI=1S/C21H21N3O2/c25-19(18-5-8-23-26-18)24-21-12-15-9-16(13-21)11-20(10-15,14-21)6-4-17-3-1-2-7-22-17/h1-3,5,7-8,15-16H,9-14H2,(H,24,25). The van der Waals surface area contributed by atoms with Gasteiger partial charge in [0.25, 0.3) is 5.91 Å². The Balaban J connectivity index is 1.43. The summed E-state index contributed by atoms with van der Waals surface area (Å²) in [4.78, 5) is 16.9. The lowest BCUT2D eigenvalue weighted by molar-refractivity contribution is -0.0487. The Labute approximate surface area is 152 Å². The lowest BCUT2D eigenvalue weighted by Gasteiger charge is -2.60. The van der Waals surface area contributed by atoms with Crippen LogP contribution in [0.15, 0.2) is 41.2 Å². The van der Waals surface area contributed by atoms with E-state index in [1.165, 1.54) is 12.6 Å². The second-order valence-electron chi connectivity index (χ2n) is 8.32. The second-order valence-corrected chi connectivity index (χ2v) is 8.32. The van der Waals surface area contributed by atoms with E-state index in [2.05, 4.69) is 27.3 Å². The number of amides is 1. The number of nitrogens with zero attached hydrogens (tertiary/aromatic N) is 2. The average molecular weight is 347 g/mol. The third kappa shape index (κ3) is 2.70. The molecule has 2 atom stereocenters. The Morgan fingerprint density at radius 3 is 2.69 bits per heavy atom. The van der Waals surface area contributed by atoms with Crippen molar-refractivity contribution in [1.82, 2.24) is 15.5 Å². The van der Waals surface area contributed by atoms with Crippen molar-refractivity contribution in [1.29, 1.82) is 0 Å². The SMILES string of the molecule is O=C(NC12CC3CC(CC(C#Cc4ccccn4)(C3)C1)C2)c1ccno1. The highest BCUT2D eigenvalue weighted by Gasteiger charge is 2.58. The van der Waals surface area contributed by atoms with E-state index in [1.54, 1.807) is 12.3 Å². The molecule has 132 valence electrons. The van der Waals surface area contributed by atoms with Gasteiger partial charge in [-0.15, -0.1) is 0 Å². The fourth-order valence-electron chi connectivity index (χ4n) is 5.82. The normalized spacial score (nSPS) is 34.2. The quantitative estimate of drug-likeness (QED) is 0.847. The maximum atomic E-state index is 12.6. The van der Waals surface area contributed by atoms with Crippen LogP contribution in [0.1, 0.15) is 54.8 Å². The van der Waals surface area contributed by atoms with Crippen LogP contribution >= 0.6 is 0 Å². The number of rotatable bonds is 2. The van der Waals surface area contributed by atoms with E-state index in [-0.39, 0.29) is 22.6 Å². The Hall–Kier alpha value is -2.61. The summed E-state index contributed by atoms with van der Waals surface area (Å²) < 4.78 is 5.04. The number of nitrogens with one attached hydrogen (secondary N) is 1. The largest absolute Gasteiger partial charge is 0.351 e. The van der Waals surface area contributed by atoms with Crippen molar-refractivity contribution >= 4 is 5.91 Å². The molecule has 2 aromatic heterocycles. The average Bonchev–Trinajstić information content (AvgIpc) is 3.14. The molecule has 2 aromatic rings. The number of hydrogen-bond donors (Lipinski definition) is 1. The fourth-order valence-corrected chi connectivity index (χ4v) is 5.82. The van der Waals surface area contributed by atoms with Gasteiger partial charge in [0.1, 0.15) is 5.69 Å². The molecule has 1 amide bonds. The van der Waals surface area contributed by atoms with Gasteiger partial charge < -0.3 is 9.84 Å².